The van der Waals surface area contributed by atoms with Gasteiger partial charge in [-0.3, -0.25) is 5.10 Å². The smallest absolute Gasteiger partial charge is 0.213 e. The number of H-pyrrole nitrogens is 1. The molecule has 96 valence electrons. The largest absolute Gasteiger partial charge is 0.313 e. The van der Waals surface area contributed by atoms with Crippen molar-refractivity contribution in [1.29, 1.82) is 0 Å². The molecule has 4 nitrogen and oxygen atoms in total. The number of hydrogen-bond donors (Lipinski definition) is 2. The Hall–Kier alpha value is -0.850. The van der Waals surface area contributed by atoms with Crippen LogP contribution in [0.4, 0.5) is 0 Å². The second kappa shape index (κ2) is 5.86. The standard InChI is InChI=1S/C12H15BrN4S/c1-7(14-3)10-5-4-9(6-11(10)13)18-12-15-8(2)16-17-12/h4-7,14H,1-3H3,(H,15,16,17). The molecule has 2 N–H and O–H groups in total. The van der Waals surface area contributed by atoms with Gasteiger partial charge >= 0.3 is 0 Å². The number of nitrogens with one attached hydrogen (secondary N) is 2. The molecule has 1 heterocycles. The topological polar surface area (TPSA) is 53.6 Å². The highest BCUT2D eigenvalue weighted by molar-refractivity contribution is 9.10. The molecular weight excluding hydrogens is 312 g/mol. The molecule has 0 fully saturated rings. The molecule has 18 heavy (non-hydrogen) atoms. The second-order valence-electron chi connectivity index (χ2n) is 4.00. The third-order valence-corrected chi connectivity index (χ3v) is 4.20. The molecule has 0 aliphatic rings. The number of aromatic nitrogens is 3. The zero-order valence-electron chi connectivity index (χ0n) is 10.5. The molecule has 6 heteroatoms. The van der Waals surface area contributed by atoms with Crippen LogP contribution in [0.3, 0.4) is 0 Å². The number of benzene rings is 1. The van der Waals surface area contributed by atoms with Gasteiger partial charge in [0.05, 0.1) is 0 Å². The van der Waals surface area contributed by atoms with E-state index >= 15 is 0 Å². The first-order valence-corrected chi connectivity index (χ1v) is 7.24. The van der Waals surface area contributed by atoms with E-state index in [1.807, 2.05) is 14.0 Å². The summed E-state index contributed by atoms with van der Waals surface area (Å²) < 4.78 is 1.10. The van der Waals surface area contributed by atoms with Crippen molar-refractivity contribution in [2.45, 2.75) is 29.9 Å². The van der Waals surface area contributed by atoms with Crippen LogP contribution in [-0.2, 0) is 0 Å². The van der Waals surface area contributed by atoms with Gasteiger partial charge in [0.15, 0.2) is 0 Å². The lowest BCUT2D eigenvalue weighted by molar-refractivity contribution is 0.649. The van der Waals surface area contributed by atoms with E-state index in [-0.39, 0.29) is 0 Å². The van der Waals surface area contributed by atoms with Gasteiger partial charge in [-0.25, -0.2) is 4.98 Å². The molecule has 2 rings (SSSR count). The van der Waals surface area contributed by atoms with E-state index < -0.39 is 0 Å². The summed E-state index contributed by atoms with van der Waals surface area (Å²) in [6.07, 6.45) is 0. The molecule has 1 atom stereocenters. The quantitative estimate of drug-likeness (QED) is 0.905. The normalized spacial score (nSPS) is 12.7. The van der Waals surface area contributed by atoms with E-state index in [1.54, 1.807) is 11.8 Å². The fourth-order valence-corrected chi connectivity index (χ4v) is 3.22. The van der Waals surface area contributed by atoms with Crippen molar-refractivity contribution in [2.75, 3.05) is 7.05 Å². The number of halogens is 1. The fraction of sp³-hybridized carbons (Fsp3) is 0.333. The summed E-state index contributed by atoms with van der Waals surface area (Å²) in [7, 11) is 1.95. The monoisotopic (exact) mass is 326 g/mol. The highest BCUT2D eigenvalue weighted by atomic mass is 79.9. The van der Waals surface area contributed by atoms with Crippen LogP contribution in [0.2, 0.25) is 0 Å². The first-order chi connectivity index (χ1) is 8.60. The molecule has 2 aromatic rings. The minimum atomic E-state index is 0.323. The molecule has 1 unspecified atom stereocenters. The van der Waals surface area contributed by atoms with Gasteiger partial charge in [-0.05, 0) is 50.4 Å². The number of rotatable bonds is 4. The van der Waals surface area contributed by atoms with Crippen molar-refractivity contribution in [3.8, 4) is 0 Å². The number of aryl methyl sites for hydroxylation is 1. The molecule has 0 radical (unpaired) electrons. The Morgan fingerprint density at radius 2 is 2.22 bits per heavy atom. The summed E-state index contributed by atoms with van der Waals surface area (Å²) >= 11 is 5.15. The van der Waals surface area contributed by atoms with Gasteiger partial charge in [-0.1, -0.05) is 22.0 Å². The van der Waals surface area contributed by atoms with Crippen LogP contribution in [-0.4, -0.2) is 22.2 Å². The lowest BCUT2D eigenvalue weighted by Crippen LogP contribution is -2.12. The zero-order valence-corrected chi connectivity index (χ0v) is 12.9. The van der Waals surface area contributed by atoms with E-state index in [2.05, 4.69) is 61.6 Å². The van der Waals surface area contributed by atoms with Crippen LogP contribution in [0.25, 0.3) is 0 Å². The number of hydrogen-bond acceptors (Lipinski definition) is 4. The van der Waals surface area contributed by atoms with Gasteiger partial charge in [0.1, 0.15) is 5.82 Å². The zero-order chi connectivity index (χ0) is 13.1. The third-order valence-electron chi connectivity index (χ3n) is 2.66. The van der Waals surface area contributed by atoms with E-state index in [4.69, 9.17) is 0 Å². The Labute approximate surface area is 119 Å². The van der Waals surface area contributed by atoms with Crippen LogP contribution >= 0.6 is 27.7 Å². The first kappa shape index (κ1) is 13.6. The van der Waals surface area contributed by atoms with Gasteiger partial charge in [-0.15, -0.1) is 5.10 Å². The van der Waals surface area contributed by atoms with Crippen molar-refractivity contribution in [3.05, 3.63) is 34.1 Å². The molecule has 0 saturated heterocycles. The first-order valence-electron chi connectivity index (χ1n) is 5.63. The molecule has 0 saturated carbocycles. The van der Waals surface area contributed by atoms with Crippen LogP contribution < -0.4 is 5.32 Å². The Morgan fingerprint density at radius 3 is 2.78 bits per heavy atom. The Bertz CT molecular complexity index is 541. The van der Waals surface area contributed by atoms with E-state index in [9.17, 15) is 0 Å². The molecule has 0 spiro atoms. The maximum Gasteiger partial charge on any atom is 0.213 e. The SMILES string of the molecule is CNC(C)c1ccc(Sc2n[nH]c(C)n2)cc1Br. The van der Waals surface area contributed by atoms with Gasteiger partial charge in [0, 0.05) is 15.4 Å². The maximum absolute atomic E-state index is 4.28. The van der Waals surface area contributed by atoms with E-state index in [0.29, 0.717) is 6.04 Å². The minimum absolute atomic E-state index is 0.323. The van der Waals surface area contributed by atoms with E-state index in [1.165, 1.54) is 5.56 Å². The lowest BCUT2D eigenvalue weighted by Gasteiger charge is -2.13. The average molecular weight is 327 g/mol. The molecule has 0 aliphatic carbocycles. The van der Waals surface area contributed by atoms with Crippen LogP contribution in [0.1, 0.15) is 24.4 Å². The summed E-state index contributed by atoms with van der Waals surface area (Å²) in [5, 5.41) is 10.9. The van der Waals surface area contributed by atoms with Crippen LogP contribution in [0, 0.1) is 6.92 Å². The summed E-state index contributed by atoms with van der Waals surface area (Å²) in [5.74, 6) is 0.831. The molecule has 0 amide bonds. The third kappa shape index (κ3) is 3.13. The molecule has 1 aromatic carbocycles. The van der Waals surface area contributed by atoms with Gasteiger partial charge in [0.2, 0.25) is 5.16 Å². The summed E-state index contributed by atoms with van der Waals surface area (Å²) in [5.41, 5.74) is 1.24. The van der Waals surface area contributed by atoms with Crippen LogP contribution in [0.15, 0.2) is 32.7 Å². The number of aromatic amines is 1. The minimum Gasteiger partial charge on any atom is -0.313 e. The average Bonchev–Trinajstić information content (AvgIpc) is 2.74. The Balaban J connectivity index is 2.18. The number of nitrogens with zero attached hydrogens (tertiary/aromatic N) is 2. The lowest BCUT2D eigenvalue weighted by atomic mass is 10.1. The predicted molar refractivity (Wildman–Crippen MR) is 76.9 cm³/mol. The Morgan fingerprint density at radius 1 is 1.44 bits per heavy atom. The van der Waals surface area contributed by atoms with Crippen molar-refractivity contribution in [1.82, 2.24) is 20.5 Å². The molecule has 0 aliphatic heterocycles. The Kier molecular flexibility index (Phi) is 4.42. The van der Waals surface area contributed by atoms with Crippen molar-refractivity contribution >= 4 is 27.7 Å². The van der Waals surface area contributed by atoms with Crippen molar-refractivity contribution < 1.29 is 0 Å². The van der Waals surface area contributed by atoms with Gasteiger partial charge in [-0.2, -0.15) is 0 Å². The summed E-state index contributed by atoms with van der Waals surface area (Å²) in [6, 6.07) is 6.63. The summed E-state index contributed by atoms with van der Waals surface area (Å²) in [6.45, 7) is 4.02. The molecule has 0 bridgehead atoms. The van der Waals surface area contributed by atoms with Gasteiger partial charge < -0.3 is 5.32 Å². The van der Waals surface area contributed by atoms with Gasteiger partial charge in [0.25, 0.3) is 0 Å². The molecule has 1 aromatic heterocycles. The maximum atomic E-state index is 4.28. The second-order valence-corrected chi connectivity index (χ2v) is 5.89. The van der Waals surface area contributed by atoms with E-state index in [0.717, 1.165) is 20.3 Å². The predicted octanol–water partition coefficient (Wildman–Crippen LogP) is 3.31. The van der Waals surface area contributed by atoms with Crippen molar-refractivity contribution in [2.24, 2.45) is 0 Å². The highest BCUT2D eigenvalue weighted by Crippen LogP contribution is 2.31. The molecular formula is C12H15BrN4S. The fourth-order valence-electron chi connectivity index (χ4n) is 1.55. The summed E-state index contributed by atoms with van der Waals surface area (Å²) in [4.78, 5) is 5.40. The highest BCUT2D eigenvalue weighted by Gasteiger charge is 2.09. The van der Waals surface area contributed by atoms with Crippen molar-refractivity contribution in [3.63, 3.8) is 0 Å². The van der Waals surface area contributed by atoms with Crippen LogP contribution in [0.5, 0.6) is 0 Å².